The zero-order chi connectivity index (χ0) is 13.9. The van der Waals surface area contributed by atoms with Crippen molar-refractivity contribution in [3.05, 3.63) is 58.3 Å². The molecule has 0 aliphatic heterocycles. The van der Waals surface area contributed by atoms with Crippen LogP contribution in [0.3, 0.4) is 0 Å². The van der Waals surface area contributed by atoms with Crippen LogP contribution in [0.2, 0.25) is 0 Å². The van der Waals surface area contributed by atoms with Crippen LogP contribution in [-0.2, 0) is 6.54 Å². The second-order valence-electron chi connectivity index (χ2n) is 4.94. The molecule has 20 heavy (non-hydrogen) atoms. The molecule has 0 spiro atoms. The molecule has 1 N–H and O–H groups in total. The van der Waals surface area contributed by atoms with Gasteiger partial charge in [-0.25, -0.2) is 4.98 Å². The lowest BCUT2D eigenvalue weighted by Crippen LogP contribution is -2.18. The summed E-state index contributed by atoms with van der Waals surface area (Å²) < 4.78 is 0. The number of thiazole rings is 1. The van der Waals surface area contributed by atoms with Crippen LogP contribution in [0.15, 0.2) is 42.0 Å². The van der Waals surface area contributed by atoms with E-state index in [0.29, 0.717) is 0 Å². The van der Waals surface area contributed by atoms with Crippen LogP contribution >= 0.6 is 11.3 Å². The third-order valence-corrected chi connectivity index (χ3v) is 4.52. The van der Waals surface area contributed by atoms with Gasteiger partial charge in [0, 0.05) is 35.4 Å². The number of rotatable bonds is 4. The Morgan fingerprint density at radius 1 is 1.30 bits per heavy atom. The van der Waals surface area contributed by atoms with Crippen molar-refractivity contribution in [2.24, 2.45) is 0 Å². The SMILES string of the molecule is Cc1csc(C(C)NCc2cccc3cnccc23)n1. The van der Waals surface area contributed by atoms with Gasteiger partial charge in [-0.3, -0.25) is 4.98 Å². The van der Waals surface area contributed by atoms with E-state index in [0.717, 1.165) is 17.2 Å². The molecule has 2 aromatic heterocycles. The van der Waals surface area contributed by atoms with Crippen LogP contribution < -0.4 is 5.32 Å². The van der Waals surface area contributed by atoms with Gasteiger partial charge in [-0.05, 0) is 30.9 Å². The van der Waals surface area contributed by atoms with Gasteiger partial charge in [-0.15, -0.1) is 11.3 Å². The van der Waals surface area contributed by atoms with Gasteiger partial charge >= 0.3 is 0 Å². The van der Waals surface area contributed by atoms with Crippen LogP contribution in [-0.4, -0.2) is 9.97 Å². The maximum absolute atomic E-state index is 4.53. The van der Waals surface area contributed by atoms with E-state index in [1.165, 1.54) is 16.3 Å². The minimum absolute atomic E-state index is 0.269. The minimum atomic E-state index is 0.269. The Morgan fingerprint density at radius 2 is 2.20 bits per heavy atom. The maximum Gasteiger partial charge on any atom is 0.110 e. The van der Waals surface area contributed by atoms with Crippen LogP contribution in [0.25, 0.3) is 10.8 Å². The van der Waals surface area contributed by atoms with E-state index >= 15 is 0 Å². The van der Waals surface area contributed by atoms with E-state index in [9.17, 15) is 0 Å². The van der Waals surface area contributed by atoms with E-state index < -0.39 is 0 Å². The minimum Gasteiger partial charge on any atom is -0.304 e. The van der Waals surface area contributed by atoms with Crippen molar-refractivity contribution in [1.29, 1.82) is 0 Å². The summed E-state index contributed by atoms with van der Waals surface area (Å²) in [7, 11) is 0. The Bertz CT molecular complexity index is 715. The number of fused-ring (bicyclic) bond motifs is 1. The molecule has 1 unspecified atom stereocenters. The molecule has 4 heteroatoms. The molecule has 3 aromatic rings. The van der Waals surface area contributed by atoms with Crippen molar-refractivity contribution in [2.75, 3.05) is 0 Å². The molecule has 0 aliphatic carbocycles. The molecule has 0 saturated heterocycles. The zero-order valence-electron chi connectivity index (χ0n) is 11.6. The number of aryl methyl sites for hydroxylation is 1. The maximum atomic E-state index is 4.53. The summed E-state index contributed by atoms with van der Waals surface area (Å²) in [6.07, 6.45) is 3.76. The second-order valence-corrected chi connectivity index (χ2v) is 5.83. The number of nitrogens with zero attached hydrogens (tertiary/aromatic N) is 2. The van der Waals surface area contributed by atoms with Crippen molar-refractivity contribution < 1.29 is 0 Å². The second kappa shape index (κ2) is 5.69. The molecule has 0 radical (unpaired) electrons. The predicted octanol–water partition coefficient (Wildman–Crippen LogP) is 3.85. The molecule has 1 atom stereocenters. The summed E-state index contributed by atoms with van der Waals surface area (Å²) >= 11 is 1.71. The quantitative estimate of drug-likeness (QED) is 0.790. The Balaban J connectivity index is 1.77. The van der Waals surface area contributed by atoms with E-state index in [1.807, 2.05) is 19.3 Å². The first kappa shape index (κ1) is 13.2. The lowest BCUT2D eigenvalue weighted by Gasteiger charge is -2.12. The van der Waals surface area contributed by atoms with Gasteiger partial charge in [0.05, 0.1) is 6.04 Å². The zero-order valence-corrected chi connectivity index (χ0v) is 12.4. The third kappa shape index (κ3) is 2.71. The van der Waals surface area contributed by atoms with E-state index in [4.69, 9.17) is 0 Å². The Kier molecular flexibility index (Phi) is 3.76. The molecular weight excluding hydrogens is 266 g/mol. The molecule has 2 heterocycles. The fraction of sp³-hybridized carbons (Fsp3) is 0.250. The number of nitrogens with one attached hydrogen (secondary N) is 1. The van der Waals surface area contributed by atoms with Gasteiger partial charge in [-0.2, -0.15) is 0 Å². The van der Waals surface area contributed by atoms with Crippen LogP contribution in [0, 0.1) is 6.92 Å². The number of aromatic nitrogens is 2. The molecule has 1 aromatic carbocycles. The predicted molar refractivity (Wildman–Crippen MR) is 83.8 cm³/mol. The summed E-state index contributed by atoms with van der Waals surface area (Å²) in [6.45, 7) is 5.02. The average Bonchev–Trinajstić information content (AvgIpc) is 2.91. The first-order chi connectivity index (χ1) is 9.74. The van der Waals surface area contributed by atoms with Crippen LogP contribution in [0.1, 0.15) is 29.2 Å². The van der Waals surface area contributed by atoms with Crippen molar-refractivity contribution in [2.45, 2.75) is 26.4 Å². The number of hydrogen-bond donors (Lipinski definition) is 1. The van der Waals surface area contributed by atoms with E-state index in [-0.39, 0.29) is 6.04 Å². The van der Waals surface area contributed by atoms with Crippen LogP contribution in [0.4, 0.5) is 0 Å². The summed E-state index contributed by atoms with van der Waals surface area (Å²) in [4.78, 5) is 8.70. The van der Waals surface area contributed by atoms with Gasteiger partial charge < -0.3 is 5.32 Å². The largest absolute Gasteiger partial charge is 0.304 e. The highest BCUT2D eigenvalue weighted by Gasteiger charge is 2.09. The topological polar surface area (TPSA) is 37.8 Å². The lowest BCUT2D eigenvalue weighted by atomic mass is 10.1. The highest BCUT2D eigenvalue weighted by molar-refractivity contribution is 7.09. The molecule has 0 fully saturated rings. The number of benzene rings is 1. The molecule has 0 aliphatic rings. The van der Waals surface area contributed by atoms with Gasteiger partial charge in [-0.1, -0.05) is 18.2 Å². The Hall–Kier alpha value is -1.78. The lowest BCUT2D eigenvalue weighted by molar-refractivity contribution is 0.573. The Morgan fingerprint density at radius 3 is 3.00 bits per heavy atom. The summed E-state index contributed by atoms with van der Waals surface area (Å²) in [5, 5.41) is 9.23. The average molecular weight is 283 g/mol. The fourth-order valence-electron chi connectivity index (χ4n) is 2.27. The smallest absolute Gasteiger partial charge is 0.110 e. The molecular formula is C16H17N3S. The summed E-state index contributed by atoms with van der Waals surface area (Å²) in [5.41, 5.74) is 2.39. The normalized spacial score (nSPS) is 12.7. The molecule has 0 amide bonds. The Labute approximate surface area is 122 Å². The molecule has 3 rings (SSSR count). The van der Waals surface area contributed by atoms with Crippen molar-refractivity contribution in [1.82, 2.24) is 15.3 Å². The van der Waals surface area contributed by atoms with Gasteiger partial charge in [0.1, 0.15) is 5.01 Å². The first-order valence-corrected chi connectivity index (χ1v) is 7.59. The highest BCUT2D eigenvalue weighted by atomic mass is 32.1. The highest BCUT2D eigenvalue weighted by Crippen LogP contribution is 2.20. The van der Waals surface area contributed by atoms with E-state index in [1.54, 1.807) is 11.3 Å². The third-order valence-electron chi connectivity index (χ3n) is 3.38. The summed E-state index contributed by atoms with van der Waals surface area (Å²) in [5.74, 6) is 0. The van der Waals surface area contributed by atoms with Crippen LogP contribution in [0.5, 0.6) is 0 Å². The van der Waals surface area contributed by atoms with Crippen molar-refractivity contribution in [3.8, 4) is 0 Å². The molecule has 102 valence electrons. The summed E-state index contributed by atoms with van der Waals surface area (Å²) in [6, 6.07) is 8.68. The van der Waals surface area contributed by atoms with Crippen molar-refractivity contribution in [3.63, 3.8) is 0 Å². The number of pyridine rings is 1. The van der Waals surface area contributed by atoms with Gasteiger partial charge in [0.25, 0.3) is 0 Å². The molecule has 0 saturated carbocycles. The van der Waals surface area contributed by atoms with E-state index in [2.05, 4.69) is 51.9 Å². The van der Waals surface area contributed by atoms with Gasteiger partial charge in [0.15, 0.2) is 0 Å². The number of hydrogen-bond acceptors (Lipinski definition) is 4. The molecule has 0 bridgehead atoms. The van der Waals surface area contributed by atoms with Crippen molar-refractivity contribution >= 4 is 22.1 Å². The molecule has 3 nitrogen and oxygen atoms in total. The first-order valence-electron chi connectivity index (χ1n) is 6.71. The van der Waals surface area contributed by atoms with Gasteiger partial charge in [0.2, 0.25) is 0 Å². The standard InChI is InChI=1S/C16H17N3S/c1-11-10-20-16(19-11)12(2)18-9-14-5-3-4-13-8-17-7-6-15(13)14/h3-8,10,12,18H,9H2,1-2H3. The fourth-order valence-corrected chi connectivity index (χ4v) is 3.09. The monoisotopic (exact) mass is 283 g/mol.